The van der Waals surface area contributed by atoms with Gasteiger partial charge in [0.15, 0.2) is 5.82 Å². The van der Waals surface area contributed by atoms with Gasteiger partial charge in [0.2, 0.25) is 0 Å². The highest BCUT2D eigenvalue weighted by Gasteiger charge is 2.20. The molecule has 0 amide bonds. The maximum Gasteiger partial charge on any atom is 0.304 e. The number of benzene rings is 1. The molecule has 1 heterocycles. The quantitative estimate of drug-likeness (QED) is 0.878. The van der Waals surface area contributed by atoms with Gasteiger partial charge in [-0.2, -0.15) is 5.21 Å². The number of rotatable bonds is 5. The van der Waals surface area contributed by atoms with Crippen LogP contribution in [0.1, 0.15) is 23.7 Å². The van der Waals surface area contributed by atoms with Crippen LogP contribution in [0, 0.1) is 0 Å². The van der Waals surface area contributed by atoms with Crippen molar-refractivity contribution in [3.63, 3.8) is 0 Å². The van der Waals surface area contributed by atoms with Crippen molar-refractivity contribution in [1.29, 1.82) is 0 Å². The summed E-state index contributed by atoms with van der Waals surface area (Å²) in [6.07, 6.45) is 0.550. The summed E-state index contributed by atoms with van der Waals surface area (Å²) in [5, 5.41) is 22.5. The highest BCUT2D eigenvalue weighted by atomic mass is 79.9. The summed E-state index contributed by atoms with van der Waals surface area (Å²) in [6.45, 7) is 0. The first-order valence-corrected chi connectivity index (χ1v) is 6.14. The third kappa shape index (κ3) is 3.36. The van der Waals surface area contributed by atoms with Gasteiger partial charge >= 0.3 is 5.97 Å². The molecule has 0 aliphatic heterocycles. The number of H-pyrrole nitrogens is 1. The predicted octanol–water partition coefficient (Wildman–Crippen LogP) is 1.76. The third-order valence-corrected chi connectivity index (χ3v) is 3.07. The minimum absolute atomic E-state index is 0.0183. The fourth-order valence-corrected chi connectivity index (χ4v) is 1.98. The number of nitrogens with zero attached hydrogens (tertiary/aromatic N) is 3. The first-order valence-electron chi connectivity index (χ1n) is 5.34. The van der Waals surface area contributed by atoms with Gasteiger partial charge in [-0.3, -0.25) is 4.79 Å². The molecule has 0 aliphatic rings. The van der Waals surface area contributed by atoms with E-state index in [1.807, 2.05) is 24.3 Å². The molecule has 1 aromatic heterocycles. The molecule has 0 spiro atoms. The molecular weight excluding hydrogens is 300 g/mol. The van der Waals surface area contributed by atoms with Crippen molar-refractivity contribution in [3.8, 4) is 0 Å². The zero-order valence-corrected chi connectivity index (χ0v) is 11.0. The highest BCUT2D eigenvalue weighted by molar-refractivity contribution is 9.10. The molecule has 7 heteroatoms. The molecule has 0 radical (unpaired) electrons. The summed E-state index contributed by atoms with van der Waals surface area (Å²) < 4.78 is 0.987. The Bertz CT molecular complexity index is 512. The van der Waals surface area contributed by atoms with Gasteiger partial charge in [0, 0.05) is 10.4 Å². The summed E-state index contributed by atoms with van der Waals surface area (Å²) in [6, 6.07) is 7.73. The van der Waals surface area contributed by atoms with Crippen molar-refractivity contribution in [2.45, 2.75) is 18.8 Å². The first kappa shape index (κ1) is 12.7. The van der Waals surface area contributed by atoms with Crippen LogP contribution in [0.2, 0.25) is 0 Å². The molecule has 1 aromatic carbocycles. The number of hydrogen-bond acceptors (Lipinski definition) is 4. The lowest BCUT2D eigenvalue weighted by Gasteiger charge is -2.10. The molecule has 18 heavy (non-hydrogen) atoms. The van der Waals surface area contributed by atoms with E-state index in [9.17, 15) is 4.79 Å². The number of carbonyl (C=O) groups is 1. The molecule has 1 unspecified atom stereocenters. The highest BCUT2D eigenvalue weighted by Crippen LogP contribution is 2.22. The van der Waals surface area contributed by atoms with Crippen molar-refractivity contribution in [2.24, 2.45) is 0 Å². The Morgan fingerprint density at radius 1 is 1.39 bits per heavy atom. The fourth-order valence-electron chi connectivity index (χ4n) is 1.71. The van der Waals surface area contributed by atoms with E-state index in [-0.39, 0.29) is 12.3 Å². The number of hydrogen-bond donors (Lipinski definition) is 2. The molecule has 2 N–H and O–H groups in total. The predicted molar refractivity (Wildman–Crippen MR) is 67.0 cm³/mol. The molecule has 0 fully saturated rings. The molecule has 0 bridgehead atoms. The minimum atomic E-state index is -0.873. The topological polar surface area (TPSA) is 91.8 Å². The lowest BCUT2D eigenvalue weighted by atomic mass is 9.95. The molecule has 2 aromatic rings. The standard InChI is InChI=1S/C11H11BrN4O2/c12-9-3-1-7(2-4-9)5-8(6-10(17)18)11-13-15-16-14-11/h1-4,8H,5-6H2,(H,17,18)(H,13,14,15,16). The molecule has 94 valence electrons. The Morgan fingerprint density at radius 2 is 2.11 bits per heavy atom. The lowest BCUT2D eigenvalue weighted by Crippen LogP contribution is -2.11. The van der Waals surface area contributed by atoms with Crippen LogP contribution in [0.25, 0.3) is 0 Å². The van der Waals surface area contributed by atoms with Crippen LogP contribution >= 0.6 is 15.9 Å². The SMILES string of the molecule is O=C(O)CC(Cc1ccc(Br)cc1)c1nn[nH]n1. The monoisotopic (exact) mass is 310 g/mol. The molecule has 0 saturated carbocycles. The number of carboxylic acid groups (broad SMARTS) is 1. The van der Waals surface area contributed by atoms with E-state index in [0.717, 1.165) is 10.0 Å². The van der Waals surface area contributed by atoms with E-state index in [1.165, 1.54) is 0 Å². The zero-order valence-electron chi connectivity index (χ0n) is 9.38. The van der Waals surface area contributed by atoms with Gasteiger partial charge in [0.25, 0.3) is 0 Å². The van der Waals surface area contributed by atoms with Crippen molar-refractivity contribution >= 4 is 21.9 Å². The van der Waals surface area contributed by atoms with Crippen LogP contribution < -0.4 is 0 Å². The molecule has 1 atom stereocenters. The van der Waals surface area contributed by atoms with E-state index in [1.54, 1.807) is 0 Å². The lowest BCUT2D eigenvalue weighted by molar-refractivity contribution is -0.137. The summed E-state index contributed by atoms with van der Waals surface area (Å²) in [4.78, 5) is 10.9. The first-order chi connectivity index (χ1) is 8.65. The van der Waals surface area contributed by atoms with E-state index >= 15 is 0 Å². The van der Waals surface area contributed by atoms with Crippen LogP contribution in [0.15, 0.2) is 28.7 Å². The third-order valence-electron chi connectivity index (χ3n) is 2.54. The van der Waals surface area contributed by atoms with Gasteiger partial charge in [-0.1, -0.05) is 33.3 Å². The van der Waals surface area contributed by atoms with Crippen LogP contribution in [0.3, 0.4) is 0 Å². The van der Waals surface area contributed by atoms with E-state index in [2.05, 4.69) is 36.6 Å². The average Bonchev–Trinajstić information content (AvgIpc) is 2.84. The number of halogens is 1. The van der Waals surface area contributed by atoms with Crippen molar-refractivity contribution in [3.05, 3.63) is 40.1 Å². The Kier molecular flexibility index (Phi) is 4.03. The van der Waals surface area contributed by atoms with Crippen molar-refractivity contribution < 1.29 is 9.90 Å². The Balaban J connectivity index is 2.15. The fraction of sp³-hybridized carbons (Fsp3) is 0.273. The van der Waals surface area contributed by atoms with Crippen LogP contribution in [-0.4, -0.2) is 31.7 Å². The van der Waals surface area contributed by atoms with Crippen LogP contribution in [0.5, 0.6) is 0 Å². The van der Waals surface area contributed by atoms with Gasteiger partial charge in [-0.25, -0.2) is 0 Å². The number of carboxylic acids is 1. The number of aliphatic carboxylic acids is 1. The van der Waals surface area contributed by atoms with Crippen LogP contribution in [0.4, 0.5) is 0 Å². The van der Waals surface area contributed by atoms with Crippen LogP contribution in [-0.2, 0) is 11.2 Å². The van der Waals surface area contributed by atoms with Crippen molar-refractivity contribution in [2.75, 3.05) is 0 Å². The van der Waals surface area contributed by atoms with Gasteiger partial charge in [0.1, 0.15) is 0 Å². The second-order valence-corrected chi connectivity index (χ2v) is 4.81. The number of tetrazole rings is 1. The van der Waals surface area contributed by atoms with E-state index < -0.39 is 5.97 Å². The maximum absolute atomic E-state index is 10.9. The number of aromatic amines is 1. The number of aromatic nitrogens is 4. The summed E-state index contributed by atoms with van der Waals surface area (Å²) in [5.41, 5.74) is 1.04. The van der Waals surface area contributed by atoms with E-state index in [0.29, 0.717) is 12.2 Å². The van der Waals surface area contributed by atoms with Gasteiger partial charge in [-0.15, -0.1) is 10.2 Å². The zero-order chi connectivity index (χ0) is 13.0. The summed E-state index contributed by atoms with van der Waals surface area (Å²) in [7, 11) is 0. The smallest absolute Gasteiger partial charge is 0.304 e. The molecule has 6 nitrogen and oxygen atoms in total. The number of nitrogens with one attached hydrogen (secondary N) is 1. The molecular formula is C11H11BrN4O2. The Labute approximate surface area is 112 Å². The normalized spacial score (nSPS) is 12.3. The van der Waals surface area contributed by atoms with Gasteiger partial charge in [-0.05, 0) is 24.1 Å². The maximum atomic E-state index is 10.9. The Hall–Kier alpha value is -1.76. The largest absolute Gasteiger partial charge is 0.481 e. The van der Waals surface area contributed by atoms with E-state index in [4.69, 9.17) is 5.11 Å². The molecule has 0 saturated heterocycles. The molecule has 2 rings (SSSR count). The second-order valence-electron chi connectivity index (χ2n) is 3.90. The van der Waals surface area contributed by atoms with Crippen molar-refractivity contribution in [1.82, 2.24) is 20.6 Å². The molecule has 0 aliphatic carbocycles. The minimum Gasteiger partial charge on any atom is -0.481 e. The average molecular weight is 311 g/mol. The van der Waals surface area contributed by atoms with Gasteiger partial charge < -0.3 is 5.11 Å². The summed E-state index contributed by atoms with van der Waals surface area (Å²) >= 11 is 3.36. The summed E-state index contributed by atoms with van der Waals surface area (Å²) in [5.74, 6) is -0.718. The van der Waals surface area contributed by atoms with Gasteiger partial charge in [0.05, 0.1) is 6.42 Å². The Morgan fingerprint density at radius 3 is 2.67 bits per heavy atom. The second kappa shape index (κ2) is 5.72.